The van der Waals surface area contributed by atoms with Crippen LogP contribution in [0, 0.1) is 5.92 Å². The fraction of sp³-hybridized carbons (Fsp3) is 0.625. The third-order valence-electron chi connectivity index (χ3n) is 3.90. The summed E-state index contributed by atoms with van der Waals surface area (Å²) in [7, 11) is 0. The Bertz CT molecular complexity index is 365. The fourth-order valence-electron chi connectivity index (χ4n) is 2.47. The quantitative estimate of drug-likeness (QED) is 0.773. The van der Waals surface area contributed by atoms with Crippen molar-refractivity contribution >= 4 is 5.69 Å². The molecule has 0 amide bonds. The van der Waals surface area contributed by atoms with E-state index in [1.807, 2.05) is 12.1 Å². The van der Waals surface area contributed by atoms with Crippen LogP contribution in [0.4, 0.5) is 5.69 Å². The summed E-state index contributed by atoms with van der Waals surface area (Å²) in [6, 6.07) is 9.70. The monoisotopic (exact) mass is 246 g/mol. The van der Waals surface area contributed by atoms with Gasteiger partial charge in [-0.1, -0.05) is 26.0 Å². The maximum Gasteiger partial charge on any atom is 0.0322 e. The Kier molecular flexibility index (Phi) is 4.28. The molecular formula is C16H26N2. The molecule has 0 heterocycles. The number of hydrogen-bond donors (Lipinski definition) is 1. The molecule has 0 bridgehead atoms. The standard InChI is InChI=1S/C16H26N2/c1-12(2)10-11-18(16-8-9-16)13(3)14-4-6-15(17)7-5-14/h4-7,12-13,16H,8-11,17H2,1-3H3. The Morgan fingerprint density at radius 2 is 1.78 bits per heavy atom. The van der Waals surface area contributed by atoms with Crippen LogP contribution in [-0.4, -0.2) is 17.5 Å². The Morgan fingerprint density at radius 3 is 2.28 bits per heavy atom. The van der Waals surface area contributed by atoms with Gasteiger partial charge in [0.1, 0.15) is 0 Å². The first-order valence-corrected chi connectivity index (χ1v) is 7.19. The van der Waals surface area contributed by atoms with Crippen molar-refractivity contribution in [3.05, 3.63) is 29.8 Å². The highest BCUT2D eigenvalue weighted by atomic mass is 15.2. The van der Waals surface area contributed by atoms with E-state index in [1.54, 1.807) is 0 Å². The molecule has 1 aromatic carbocycles. The topological polar surface area (TPSA) is 29.3 Å². The number of nitrogens with two attached hydrogens (primary N) is 1. The fourth-order valence-corrected chi connectivity index (χ4v) is 2.47. The molecule has 1 aliphatic carbocycles. The van der Waals surface area contributed by atoms with Gasteiger partial charge in [0.15, 0.2) is 0 Å². The average Bonchev–Trinajstić information content (AvgIpc) is 3.14. The van der Waals surface area contributed by atoms with Crippen LogP contribution < -0.4 is 5.73 Å². The molecule has 0 radical (unpaired) electrons. The van der Waals surface area contributed by atoms with Crippen LogP contribution in [0.5, 0.6) is 0 Å². The van der Waals surface area contributed by atoms with Crippen LogP contribution in [-0.2, 0) is 0 Å². The molecular weight excluding hydrogens is 220 g/mol. The van der Waals surface area contributed by atoms with Gasteiger partial charge in [-0.2, -0.15) is 0 Å². The lowest BCUT2D eigenvalue weighted by Crippen LogP contribution is -2.31. The van der Waals surface area contributed by atoms with Crippen LogP contribution in [0.2, 0.25) is 0 Å². The smallest absolute Gasteiger partial charge is 0.0322 e. The molecule has 2 heteroatoms. The van der Waals surface area contributed by atoms with Crippen LogP contribution >= 0.6 is 0 Å². The second kappa shape index (κ2) is 5.75. The first kappa shape index (κ1) is 13.4. The highest BCUT2D eigenvalue weighted by molar-refractivity contribution is 5.40. The molecule has 2 N–H and O–H groups in total. The number of nitrogen functional groups attached to an aromatic ring is 1. The summed E-state index contributed by atoms with van der Waals surface area (Å²) >= 11 is 0. The molecule has 1 saturated carbocycles. The van der Waals surface area contributed by atoms with Gasteiger partial charge >= 0.3 is 0 Å². The molecule has 2 rings (SSSR count). The predicted octanol–water partition coefficient (Wildman–Crippen LogP) is 3.84. The van der Waals surface area contributed by atoms with Gasteiger partial charge in [-0.15, -0.1) is 0 Å². The summed E-state index contributed by atoms with van der Waals surface area (Å²) in [5.41, 5.74) is 8.00. The molecule has 0 saturated heterocycles. The van der Waals surface area contributed by atoms with Crippen LogP contribution in [0.1, 0.15) is 51.6 Å². The second-order valence-corrected chi connectivity index (χ2v) is 5.99. The van der Waals surface area contributed by atoms with Gasteiger partial charge in [-0.05, 0) is 56.3 Å². The van der Waals surface area contributed by atoms with Gasteiger partial charge < -0.3 is 5.73 Å². The van der Waals surface area contributed by atoms with Gasteiger partial charge in [-0.3, -0.25) is 4.90 Å². The van der Waals surface area contributed by atoms with Crippen LogP contribution in [0.15, 0.2) is 24.3 Å². The van der Waals surface area contributed by atoms with E-state index in [2.05, 4.69) is 37.8 Å². The minimum absolute atomic E-state index is 0.511. The van der Waals surface area contributed by atoms with Crippen molar-refractivity contribution in [1.82, 2.24) is 4.90 Å². The number of nitrogens with zero attached hydrogens (tertiary/aromatic N) is 1. The number of rotatable bonds is 6. The zero-order valence-electron chi connectivity index (χ0n) is 11.9. The highest BCUT2D eigenvalue weighted by Crippen LogP contribution is 2.34. The molecule has 0 aliphatic heterocycles. The van der Waals surface area contributed by atoms with E-state index in [-0.39, 0.29) is 0 Å². The Morgan fingerprint density at radius 1 is 1.17 bits per heavy atom. The number of benzene rings is 1. The van der Waals surface area contributed by atoms with Crippen molar-refractivity contribution in [3.8, 4) is 0 Å². The minimum atomic E-state index is 0.511. The second-order valence-electron chi connectivity index (χ2n) is 5.99. The van der Waals surface area contributed by atoms with E-state index >= 15 is 0 Å². The number of hydrogen-bond acceptors (Lipinski definition) is 2. The van der Waals surface area contributed by atoms with Gasteiger partial charge in [0.2, 0.25) is 0 Å². The van der Waals surface area contributed by atoms with E-state index in [0.29, 0.717) is 6.04 Å². The lowest BCUT2D eigenvalue weighted by atomic mass is 10.0. The predicted molar refractivity (Wildman–Crippen MR) is 78.5 cm³/mol. The Hall–Kier alpha value is -1.02. The summed E-state index contributed by atoms with van der Waals surface area (Å²) in [4.78, 5) is 2.67. The molecule has 0 spiro atoms. The summed E-state index contributed by atoms with van der Waals surface area (Å²) < 4.78 is 0. The van der Waals surface area contributed by atoms with Crippen molar-refractivity contribution in [1.29, 1.82) is 0 Å². The van der Waals surface area contributed by atoms with E-state index in [4.69, 9.17) is 5.73 Å². The third kappa shape index (κ3) is 3.49. The minimum Gasteiger partial charge on any atom is -0.399 e. The van der Waals surface area contributed by atoms with Crippen molar-refractivity contribution < 1.29 is 0 Å². The van der Waals surface area contributed by atoms with Crippen molar-refractivity contribution in [2.75, 3.05) is 12.3 Å². The van der Waals surface area contributed by atoms with E-state index in [0.717, 1.165) is 17.6 Å². The summed E-state index contributed by atoms with van der Waals surface area (Å²) in [5.74, 6) is 0.782. The van der Waals surface area contributed by atoms with Gasteiger partial charge in [-0.25, -0.2) is 0 Å². The van der Waals surface area contributed by atoms with Gasteiger partial charge in [0, 0.05) is 17.8 Å². The van der Waals surface area contributed by atoms with E-state index in [9.17, 15) is 0 Å². The molecule has 1 aliphatic rings. The maximum atomic E-state index is 5.76. The Balaban J connectivity index is 2.03. The van der Waals surface area contributed by atoms with Crippen molar-refractivity contribution in [3.63, 3.8) is 0 Å². The molecule has 1 unspecified atom stereocenters. The van der Waals surface area contributed by atoms with Crippen LogP contribution in [0.25, 0.3) is 0 Å². The maximum absolute atomic E-state index is 5.76. The molecule has 1 atom stereocenters. The third-order valence-corrected chi connectivity index (χ3v) is 3.90. The Labute approximate surface area is 111 Å². The molecule has 0 aromatic heterocycles. The van der Waals surface area contributed by atoms with Gasteiger partial charge in [0.25, 0.3) is 0 Å². The van der Waals surface area contributed by atoms with Crippen molar-refractivity contribution in [2.24, 2.45) is 5.92 Å². The zero-order chi connectivity index (χ0) is 13.1. The molecule has 1 fully saturated rings. The SMILES string of the molecule is CC(C)CCN(C1CC1)C(C)c1ccc(N)cc1. The first-order chi connectivity index (χ1) is 8.58. The molecule has 18 heavy (non-hydrogen) atoms. The molecule has 1 aromatic rings. The normalized spacial score (nSPS) is 17.4. The largest absolute Gasteiger partial charge is 0.399 e. The number of anilines is 1. The summed E-state index contributed by atoms with van der Waals surface area (Å²) in [6.07, 6.45) is 4.03. The lowest BCUT2D eigenvalue weighted by molar-refractivity contribution is 0.189. The molecule has 100 valence electrons. The summed E-state index contributed by atoms with van der Waals surface area (Å²) in [5, 5.41) is 0. The van der Waals surface area contributed by atoms with E-state index in [1.165, 1.54) is 31.4 Å². The average molecular weight is 246 g/mol. The van der Waals surface area contributed by atoms with Crippen molar-refractivity contribution in [2.45, 2.75) is 52.1 Å². The lowest BCUT2D eigenvalue weighted by Gasteiger charge is -2.30. The highest BCUT2D eigenvalue weighted by Gasteiger charge is 2.32. The molecule has 2 nitrogen and oxygen atoms in total. The first-order valence-electron chi connectivity index (χ1n) is 7.19. The zero-order valence-corrected chi connectivity index (χ0v) is 11.9. The summed E-state index contributed by atoms with van der Waals surface area (Å²) in [6.45, 7) is 8.15. The van der Waals surface area contributed by atoms with E-state index < -0.39 is 0 Å². The van der Waals surface area contributed by atoms with Crippen LogP contribution in [0.3, 0.4) is 0 Å². The van der Waals surface area contributed by atoms with Gasteiger partial charge in [0.05, 0.1) is 0 Å².